The van der Waals surface area contributed by atoms with Crippen molar-refractivity contribution in [1.29, 1.82) is 0 Å². The quantitative estimate of drug-likeness (QED) is 0.0537. The zero-order valence-electron chi connectivity index (χ0n) is 27.1. The van der Waals surface area contributed by atoms with Crippen molar-refractivity contribution in [2.24, 2.45) is 46.3 Å². The molecule has 1 aliphatic heterocycles. The van der Waals surface area contributed by atoms with Crippen LogP contribution in [0.4, 0.5) is 0 Å². The van der Waals surface area contributed by atoms with Gasteiger partial charge in [-0.2, -0.15) is 0 Å². The Balaban J connectivity index is 0.00000461. The summed E-state index contributed by atoms with van der Waals surface area (Å²) in [6.07, 6.45) is 0.849. The number of hydrogen-bond donors (Lipinski definition) is 6. The van der Waals surface area contributed by atoms with Gasteiger partial charge in [-0.3, -0.25) is 4.18 Å². The fourth-order valence-electron chi connectivity index (χ4n) is 10.3. The molecule has 4 aliphatic carbocycles. The van der Waals surface area contributed by atoms with Crippen LogP contribution in [0.15, 0.2) is 12.2 Å². The van der Waals surface area contributed by atoms with Gasteiger partial charge in [-0.15, -0.1) is 0 Å². The van der Waals surface area contributed by atoms with E-state index in [0.29, 0.717) is 25.7 Å². The van der Waals surface area contributed by atoms with Crippen LogP contribution in [-0.2, 0) is 24.1 Å². The summed E-state index contributed by atoms with van der Waals surface area (Å²) in [5, 5.41) is 65.9. The molecule has 5 rings (SSSR count). The normalized spacial score (nSPS) is 49.8. The van der Waals surface area contributed by atoms with Crippen LogP contribution in [-0.4, -0.2) is 105 Å². The molecule has 254 valence electrons. The van der Waals surface area contributed by atoms with Crippen molar-refractivity contribution in [2.75, 3.05) is 13.2 Å². The van der Waals surface area contributed by atoms with E-state index < -0.39 is 69.6 Å². The van der Waals surface area contributed by atoms with Gasteiger partial charge in [0.2, 0.25) is 10.4 Å². The van der Waals surface area contributed by atoms with E-state index in [2.05, 4.69) is 25.0 Å². The summed E-state index contributed by atoms with van der Waals surface area (Å²) in [6.45, 7) is 7.69. The maximum absolute atomic E-state index is 12.6. The molecule has 6 N–H and O–H groups in total. The van der Waals surface area contributed by atoms with Gasteiger partial charge in [-0.05, 0) is 78.9 Å². The van der Waals surface area contributed by atoms with Gasteiger partial charge in [0.05, 0.1) is 37.1 Å². The van der Waals surface area contributed by atoms with E-state index in [1.165, 1.54) is 0 Å². The predicted octanol–water partition coefficient (Wildman–Crippen LogP) is -2.16. The van der Waals surface area contributed by atoms with Gasteiger partial charge >= 0.3 is 29.6 Å². The van der Waals surface area contributed by atoms with Gasteiger partial charge in [0.15, 0.2) is 6.29 Å². The molecule has 1 heterocycles. The topological polar surface area (TPSA) is 206 Å². The van der Waals surface area contributed by atoms with Gasteiger partial charge in [0, 0.05) is 12.3 Å². The molecule has 0 spiro atoms. The maximum Gasteiger partial charge on any atom is 1.00 e. The average molecular weight is 671 g/mol. The molecule has 0 bridgehead atoms. The second-order valence-electron chi connectivity index (χ2n) is 15.1. The number of aliphatic hydroxyl groups is 6. The molecular formula is C31H51NaO12S. The summed E-state index contributed by atoms with van der Waals surface area (Å²) in [7, 11) is -4.76. The molecule has 0 aromatic carbocycles. The Kier molecular flexibility index (Phi) is 11.8. The van der Waals surface area contributed by atoms with E-state index in [1.54, 1.807) is 6.92 Å². The van der Waals surface area contributed by atoms with Crippen molar-refractivity contribution < 1.29 is 86.8 Å². The van der Waals surface area contributed by atoms with Crippen LogP contribution in [0, 0.1) is 46.3 Å². The van der Waals surface area contributed by atoms with Crippen molar-refractivity contribution in [3.05, 3.63) is 12.2 Å². The van der Waals surface area contributed by atoms with Crippen molar-refractivity contribution in [3.63, 3.8) is 0 Å². The molecule has 12 nitrogen and oxygen atoms in total. The second-order valence-corrected chi connectivity index (χ2v) is 16.1. The number of aliphatic hydroxyl groups excluding tert-OH is 5. The minimum atomic E-state index is -4.76. The maximum atomic E-state index is 12.6. The summed E-state index contributed by atoms with van der Waals surface area (Å²) < 4.78 is 48.4. The van der Waals surface area contributed by atoms with Crippen LogP contribution in [0.1, 0.15) is 72.6 Å². The van der Waals surface area contributed by atoms with Crippen molar-refractivity contribution in [1.82, 2.24) is 0 Å². The third-order valence-electron chi connectivity index (χ3n) is 12.4. The molecule has 2 unspecified atom stereocenters. The van der Waals surface area contributed by atoms with Crippen LogP contribution in [0.5, 0.6) is 0 Å². The van der Waals surface area contributed by atoms with Crippen LogP contribution < -0.4 is 29.6 Å². The first-order valence-corrected chi connectivity index (χ1v) is 17.4. The predicted molar refractivity (Wildman–Crippen MR) is 155 cm³/mol. The zero-order chi connectivity index (χ0) is 32.4. The monoisotopic (exact) mass is 670 g/mol. The smallest absolute Gasteiger partial charge is 0.726 e. The van der Waals surface area contributed by atoms with E-state index in [4.69, 9.17) is 9.47 Å². The summed E-state index contributed by atoms with van der Waals surface area (Å²) >= 11 is 0. The van der Waals surface area contributed by atoms with Gasteiger partial charge in [0.1, 0.15) is 18.3 Å². The molecule has 5 aliphatic rings. The Bertz CT molecular complexity index is 1170. The molecule has 45 heavy (non-hydrogen) atoms. The Labute approximate surface area is 288 Å². The van der Waals surface area contributed by atoms with Gasteiger partial charge < -0.3 is 44.7 Å². The minimum absolute atomic E-state index is 0. The van der Waals surface area contributed by atoms with Crippen molar-refractivity contribution >= 4 is 10.4 Å². The molecule has 1 saturated heterocycles. The Morgan fingerprint density at radius 1 is 0.956 bits per heavy atom. The van der Waals surface area contributed by atoms with Gasteiger partial charge in [0.25, 0.3) is 0 Å². The van der Waals surface area contributed by atoms with E-state index in [1.807, 2.05) is 12.2 Å². The molecule has 0 radical (unpaired) electrons. The largest absolute Gasteiger partial charge is 1.00 e. The second kappa shape index (κ2) is 13.9. The number of ether oxygens (including phenoxy) is 2. The molecular weight excluding hydrogens is 619 g/mol. The van der Waals surface area contributed by atoms with E-state index in [9.17, 15) is 43.6 Å². The van der Waals surface area contributed by atoms with E-state index in [0.717, 1.165) is 12.8 Å². The summed E-state index contributed by atoms with van der Waals surface area (Å²) in [5.41, 5.74) is -2.07. The van der Waals surface area contributed by atoms with Crippen LogP contribution in [0.25, 0.3) is 0 Å². The minimum Gasteiger partial charge on any atom is -0.726 e. The van der Waals surface area contributed by atoms with Crippen LogP contribution in [0.2, 0.25) is 0 Å². The van der Waals surface area contributed by atoms with Gasteiger partial charge in [-0.25, -0.2) is 8.42 Å². The SMILES string of the molecule is CC(/C=C/[C@@H](C)[C@H]1C[C@H](O)[C@@H]2[C@]1(C)CC[C@@H]1[C@@]3(C)CC[C@H](O[C@@H]4OC[C@@H](O)C(O)[C@@H]4O)C[C@@H]3[C@H](O)C[C@]12O)COS(=O)(=O)[O-].[Na+]. The van der Waals surface area contributed by atoms with Crippen LogP contribution >= 0.6 is 0 Å². The van der Waals surface area contributed by atoms with E-state index >= 15 is 0 Å². The fourth-order valence-corrected chi connectivity index (χ4v) is 10.7. The molecule has 0 amide bonds. The van der Waals surface area contributed by atoms with E-state index in [-0.39, 0.29) is 84.9 Å². The Hall–Kier alpha value is 0.290. The Morgan fingerprint density at radius 2 is 1.62 bits per heavy atom. The van der Waals surface area contributed by atoms with Crippen LogP contribution in [0.3, 0.4) is 0 Å². The fraction of sp³-hybridized carbons (Fsp3) is 0.935. The third-order valence-corrected chi connectivity index (χ3v) is 12.8. The summed E-state index contributed by atoms with van der Waals surface area (Å²) in [6, 6.07) is 0. The summed E-state index contributed by atoms with van der Waals surface area (Å²) in [4.78, 5) is 0. The average Bonchev–Trinajstić information content (AvgIpc) is 3.22. The Morgan fingerprint density at radius 3 is 2.29 bits per heavy atom. The molecule has 14 heteroatoms. The van der Waals surface area contributed by atoms with Gasteiger partial charge in [-0.1, -0.05) is 39.8 Å². The molecule has 0 aromatic heterocycles. The summed E-state index contributed by atoms with van der Waals surface area (Å²) in [5.74, 6) is -0.993. The number of fused-ring (bicyclic) bond motifs is 5. The number of allylic oxidation sites excluding steroid dienone is 1. The zero-order valence-corrected chi connectivity index (χ0v) is 29.9. The first kappa shape index (κ1) is 38.1. The molecule has 0 aromatic rings. The number of hydrogen-bond acceptors (Lipinski definition) is 12. The molecule has 5 fully saturated rings. The van der Waals surface area contributed by atoms with Crippen molar-refractivity contribution in [3.8, 4) is 0 Å². The molecule has 4 saturated carbocycles. The first-order chi connectivity index (χ1) is 20.4. The molecule has 16 atom stereocenters. The number of rotatable bonds is 8. The first-order valence-electron chi connectivity index (χ1n) is 16.1. The third kappa shape index (κ3) is 7.15. The standard InChI is InChI=1S/C31H52O12S.Na/c1-16(14-42-44(38,39)40)5-6-17(2)19-12-21(32)27-30(19,4)10-8-24-29(3)9-7-18(11-20(29)22(33)13-31(24,27)37)43-28-26(36)25(35)23(34)15-41-28;/h5-6,16-28,32-37H,7-15H2,1-4H3,(H,38,39,40);/q;+1/p-1/b6-5+;/t16?,17-,18+,19-,20-,21+,22-,23-,24-,25?,26+,27-,28+,29+,30-,31+;/m1./s1. The van der Waals surface area contributed by atoms with Crippen molar-refractivity contribution in [2.45, 2.75) is 121 Å².